The maximum absolute atomic E-state index is 11.6. The summed E-state index contributed by atoms with van der Waals surface area (Å²) < 4.78 is 6.82. The number of nitrogens with zero attached hydrogens (tertiary/aromatic N) is 1. The Morgan fingerprint density at radius 2 is 2.06 bits per heavy atom. The van der Waals surface area contributed by atoms with Crippen LogP contribution in [-0.4, -0.2) is 17.6 Å². The van der Waals surface area contributed by atoms with Crippen LogP contribution in [0.5, 0.6) is 0 Å². The number of hydrogen-bond acceptors (Lipinski definition) is 2. The van der Waals surface area contributed by atoms with Crippen molar-refractivity contribution in [3.05, 3.63) is 47.7 Å². The molecule has 0 amide bonds. The molecule has 1 aliphatic rings. The van der Waals surface area contributed by atoms with E-state index in [1.807, 2.05) is 22.8 Å². The van der Waals surface area contributed by atoms with Crippen molar-refractivity contribution < 1.29 is 9.53 Å². The van der Waals surface area contributed by atoms with E-state index in [2.05, 4.69) is 18.2 Å². The molecule has 0 N–H and O–H groups in total. The van der Waals surface area contributed by atoms with Gasteiger partial charge in [-0.2, -0.15) is 0 Å². The second-order valence-corrected chi connectivity index (χ2v) is 4.15. The van der Waals surface area contributed by atoms with Crippen LogP contribution in [-0.2, 0) is 17.7 Å². The summed E-state index contributed by atoms with van der Waals surface area (Å²) >= 11 is 0. The minimum absolute atomic E-state index is 0.268. The van der Waals surface area contributed by atoms with Gasteiger partial charge in [0.25, 0.3) is 0 Å². The summed E-state index contributed by atoms with van der Waals surface area (Å²) in [5.41, 5.74) is 4.30. The van der Waals surface area contributed by atoms with E-state index in [1.165, 1.54) is 18.2 Å². The van der Waals surface area contributed by atoms with E-state index in [9.17, 15) is 4.79 Å². The van der Waals surface area contributed by atoms with Gasteiger partial charge in [0, 0.05) is 17.8 Å². The molecule has 0 bridgehead atoms. The Hall–Kier alpha value is -2.03. The first-order chi connectivity index (χ1) is 8.31. The number of esters is 1. The normalized spacial score (nSPS) is 12.8. The highest BCUT2D eigenvalue weighted by molar-refractivity contribution is 5.89. The van der Waals surface area contributed by atoms with Gasteiger partial charge in [-0.25, -0.2) is 4.79 Å². The monoisotopic (exact) mass is 227 g/mol. The van der Waals surface area contributed by atoms with E-state index >= 15 is 0 Å². The van der Waals surface area contributed by atoms with Crippen molar-refractivity contribution in [1.29, 1.82) is 0 Å². The Balaban J connectivity index is 2.16. The number of hydrogen-bond donors (Lipinski definition) is 0. The first kappa shape index (κ1) is 10.1. The molecule has 1 aromatic carbocycles. The van der Waals surface area contributed by atoms with Gasteiger partial charge in [0.05, 0.1) is 7.11 Å². The molecule has 0 saturated heterocycles. The summed E-state index contributed by atoms with van der Waals surface area (Å²) in [6.07, 6.45) is 0.960. The highest BCUT2D eigenvalue weighted by Gasteiger charge is 2.21. The van der Waals surface area contributed by atoms with Crippen LogP contribution in [0.3, 0.4) is 0 Å². The zero-order valence-electron chi connectivity index (χ0n) is 9.64. The fourth-order valence-corrected chi connectivity index (χ4v) is 2.45. The van der Waals surface area contributed by atoms with Crippen molar-refractivity contribution in [2.45, 2.75) is 13.0 Å². The van der Waals surface area contributed by atoms with Crippen LogP contribution in [0.15, 0.2) is 36.4 Å². The Morgan fingerprint density at radius 3 is 2.88 bits per heavy atom. The molecular weight excluding hydrogens is 214 g/mol. The van der Waals surface area contributed by atoms with Crippen molar-refractivity contribution in [1.82, 2.24) is 4.57 Å². The van der Waals surface area contributed by atoms with Gasteiger partial charge in [-0.3, -0.25) is 0 Å². The molecule has 3 heteroatoms. The number of carbonyl (C=O) groups is 1. The van der Waals surface area contributed by atoms with E-state index < -0.39 is 0 Å². The van der Waals surface area contributed by atoms with Crippen molar-refractivity contribution >= 4 is 5.97 Å². The van der Waals surface area contributed by atoms with Gasteiger partial charge in [0.2, 0.25) is 0 Å². The standard InChI is InChI=1S/C14H13NO2/c1-17-14(16)13-7-6-12-11-5-3-2-4-10(11)8-9-15(12)13/h2-7H,8-9H2,1H3. The van der Waals surface area contributed by atoms with Crippen LogP contribution >= 0.6 is 0 Å². The zero-order valence-corrected chi connectivity index (χ0v) is 9.64. The fraction of sp³-hybridized carbons (Fsp3) is 0.214. The Bertz CT molecular complexity index is 584. The predicted molar refractivity (Wildman–Crippen MR) is 64.9 cm³/mol. The first-order valence-corrected chi connectivity index (χ1v) is 5.67. The maximum atomic E-state index is 11.6. The Morgan fingerprint density at radius 1 is 1.24 bits per heavy atom. The SMILES string of the molecule is COC(=O)c1ccc2n1CCc1ccccc1-2. The smallest absolute Gasteiger partial charge is 0.354 e. The molecule has 1 aromatic heterocycles. The largest absolute Gasteiger partial charge is 0.464 e. The van der Waals surface area contributed by atoms with Gasteiger partial charge in [-0.1, -0.05) is 24.3 Å². The Kier molecular flexibility index (Phi) is 2.25. The molecule has 3 rings (SSSR count). The van der Waals surface area contributed by atoms with Crippen LogP contribution in [0.1, 0.15) is 16.1 Å². The van der Waals surface area contributed by atoms with E-state index in [-0.39, 0.29) is 5.97 Å². The zero-order chi connectivity index (χ0) is 11.8. The van der Waals surface area contributed by atoms with Gasteiger partial charge >= 0.3 is 5.97 Å². The number of aromatic nitrogens is 1. The van der Waals surface area contributed by atoms with Gasteiger partial charge in [-0.15, -0.1) is 0 Å². The molecule has 0 spiro atoms. The van der Waals surface area contributed by atoms with Crippen LogP contribution in [0.25, 0.3) is 11.3 Å². The first-order valence-electron chi connectivity index (χ1n) is 5.67. The molecule has 0 unspecified atom stereocenters. The van der Waals surface area contributed by atoms with Crippen LogP contribution in [0.4, 0.5) is 0 Å². The number of carbonyl (C=O) groups excluding carboxylic acids is 1. The summed E-state index contributed by atoms with van der Waals surface area (Å²) in [4.78, 5) is 11.6. The molecule has 2 aromatic rings. The van der Waals surface area contributed by atoms with Gasteiger partial charge in [0.15, 0.2) is 0 Å². The summed E-state index contributed by atoms with van der Waals surface area (Å²) in [5.74, 6) is -0.268. The average Bonchev–Trinajstić information content (AvgIpc) is 2.82. The molecule has 17 heavy (non-hydrogen) atoms. The summed E-state index contributed by atoms with van der Waals surface area (Å²) in [5, 5.41) is 0. The molecule has 2 heterocycles. The molecule has 0 saturated carbocycles. The number of ether oxygens (including phenoxy) is 1. The summed E-state index contributed by atoms with van der Waals surface area (Å²) in [6, 6.07) is 12.1. The number of rotatable bonds is 1. The van der Waals surface area contributed by atoms with Crippen LogP contribution in [0, 0.1) is 0 Å². The third kappa shape index (κ3) is 1.46. The highest BCUT2D eigenvalue weighted by atomic mass is 16.5. The minimum atomic E-state index is -0.268. The third-order valence-corrected chi connectivity index (χ3v) is 3.27. The Labute approximate surface area is 99.6 Å². The number of benzene rings is 1. The maximum Gasteiger partial charge on any atom is 0.354 e. The quantitative estimate of drug-likeness (QED) is 0.701. The lowest BCUT2D eigenvalue weighted by molar-refractivity contribution is 0.0588. The molecule has 1 aliphatic heterocycles. The van der Waals surface area contributed by atoms with Crippen molar-refractivity contribution in [3.8, 4) is 11.3 Å². The minimum Gasteiger partial charge on any atom is -0.464 e. The van der Waals surface area contributed by atoms with E-state index in [0.717, 1.165) is 18.7 Å². The number of aryl methyl sites for hydroxylation is 1. The lowest BCUT2D eigenvalue weighted by Gasteiger charge is -2.20. The van der Waals surface area contributed by atoms with E-state index in [1.54, 1.807) is 0 Å². The van der Waals surface area contributed by atoms with Gasteiger partial charge in [0.1, 0.15) is 5.69 Å². The number of fused-ring (bicyclic) bond motifs is 3. The van der Waals surface area contributed by atoms with Gasteiger partial charge in [-0.05, 0) is 24.1 Å². The molecule has 86 valence electrons. The predicted octanol–water partition coefficient (Wildman–Crippen LogP) is 2.50. The molecule has 0 atom stereocenters. The van der Waals surface area contributed by atoms with E-state index in [4.69, 9.17) is 4.74 Å². The second kappa shape index (κ2) is 3.77. The molecule has 0 radical (unpaired) electrons. The third-order valence-electron chi connectivity index (χ3n) is 3.27. The lowest BCUT2D eigenvalue weighted by atomic mass is 9.99. The van der Waals surface area contributed by atoms with E-state index in [0.29, 0.717) is 5.69 Å². The topological polar surface area (TPSA) is 31.2 Å². The highest BCUT2D eigenvalue weighted by Crippen LogP contribution is 2.31. The summed E-state index contributed by atoms with van der Waals surface area (Å²) in [7, 11) is 1.42. The van der Waals surface area contributed by atoms with Crippen molar-refractivity contribution in [3.63, 3.8) is 0 Å². The lowest BCUT2D eigenvalue weighted by Crippen LogP contribution is -2.16. The number of methoxy groups -OCH3 is 1. The van der Waals surface area contributed by atoms with Crippen LogP contribution < -0.4 is 0 Å². The fourth-order valence-electron chi connectivity index (χ4n) is 2.45. The molecule has 0 aliphatic carbocycles. The van der Waals surface area contributed by atoms with Gasteiger partial charge < -0.3 is 9.30 Å². The average molecular weight is 227 g/mol. The molecule has 0 fully saturated rings. The molecular formula is C14H13NO2. The second-order valence-electron chi connectivity index (χ2n) is 4.15. The van der Waals surface area contributed by atoms with Crippen molar-refractivity contribution in [2.24, 2.45) is 0 Å². The van der Waals surface area contributed by atoms with Crippen molar-refractivity contribution in [2.75, 3.05) is 7.11 Å². The summed E-state index contributed by atoms with van der Waals surface area (Å²) in [6.45, 7) is 0.837. The molecule has 3 nitrogen and oxygen atoms in total. The van der Waals surface area contributed by atoms with Crippen LogP contribution in [0.2, 0.25) is 0 Å².